The molecule has 0 radical (unpaired) electrons. The summed E-state index contributed by atoms with van der Waals surface area (Å²) in [6, 6.07) is 13.1. The van der Waals surface area contributed by atoms with Gasteiger partial charge in [0.25, 0.3) is 0 Å². The lowest BCUT2D eigenvalue weighted by molar-refractivity contribution is 0.558. The van der Waals surface area contributed by atoms with Gasteiger partial charge in [-0.25, -0.2) is 4.39 Å². The van der Waals surface area contributed by atoms with Crippen LogP contribution in [0.25, 0.3) is 0 Å². The van der Waals surface area contributed by atoms with E-state index in [0.29, 0.717) is 5.56 Å². The summed E-state index contributed by atoms with van der Waals surface area (Å²) in [6.45, 7) is 4.79. The van der Waals surface area contributed by atoms with Crippen LogP contribution in [0.15, 0.2) is 46.9 Å². The molecule has 0 aliphatic heterocycles. The van der Waals surface area contributed by atoms with Crippen molar-refractivity contribution >= 4 is 15.9 Å². The molecule has 19 heavy (non-hydrogen) atoms. The van der Waals surface area contributed by atoms with Crippen LogP contribution < -0.4 is 5.32 Å². The van der Waals surface area contributed by atoms with E-state index in [2.05, 4.69) is 21.2 Å². The summed E-state index contributed by atoms with van der Waals surface area (Å²) in [5, 5.41) is 3.35. The molecule has 0 aliphatic carbocycles. The van der Waals surface area contributed by atoms with Gasteiger partial charge in [0.05, 0.1) is 6.04 Å². The maximum Gasteiger partial charge on any atom is 0.128 e. The van der Waals surface area contributed by atoms with Crippen LogP contribution in [0.3, 0.4) is 0 Å². The maximum absolute atomic E-state index is 14.1. The molecule has 0 saturated heterocycles. The minimum atomic E-state index is -0.170. The van der Waals surface area contributed by atoms with E-state index in [1.165, 1.54) is 6.07 Å². The molecule has 1 unspecified atom stereocenters. The Morgan fingerprint density at radius 2 is 2.00 bits per heavy atom. The minimum Gasteiger partial charge on any atom is -0.306 e. The van der Waals surface area contributed by atoms with Gasteiger partial charge in [0, 0.05) is 10.0 Å². The standard InChI is InChI=1S/C16H17BrFN/c1-3-19-16(12-5-4-6-13(17)10-12)14-9-11(2)7-8-15(14)18/h4-10,16,19H,3H2,1-2H3. The van der Waals surface area contributed by atoms with Crippen molar-refractivity contribution in [3.05, 3.63) is 69.4 Å². The van der Waals surface area contributed by atoms with Gasteiger partial charge in [-0.05, 0) is 37.2 Å². The number of benzene rings is 2. The van der Waals surface area contributed by atoms with Gasteiger partial charge in [0.2, 0.25) is 0 Å². The van der Waals surface area contributed by atoms with E-state index in [4.69, 9.17) is 0 Å². The second-order valence-electron chi connectivity index (χ2n) is 4.57. The largest absolute Gasteiger partial charge is 0.306 e. The number of hydrogen-bond acceptors (Lipinski definition) is 1. The van der Waals surface area contributed by atoms with E-state index in [0.717, 1.165) is 22.1 Å². The van der Waals surface area contributed by atoms with E-state index >= 15 is 0 Å². The highest BCUT2D eigenvalue weighted by molar-refractivity contribution is 9.10. The molecule has 0 heterocycles. The summed E-state index contributed by atoms with van der Waals surface area (Å²) in [5.41, 5.74) is 2.81. The average molecular weight is 322 g/mol. The lowest BCUT2D eigenvalue weighted by Gasteiger charge is -2.20. The average Bonchev–Trinajstić information content (AvgIpc) is 2.39. The first-order valence-corrected chi connectivity index (χ1v) is 7.16. The number of nitrogens with one attached hydrogen (secondary N) is 1. The van der Waals surface area contributed by atoms with Gasteiger partial charge in [-0.2, -0.15) is 0 Å². The quantitative estimate of drug-likeness (QED) is 0.868. The fraction of sp³-hybridized carbons (Fsp3) is 0.250. The molecule has 0 amide bonds. The Morgan fingerprint density at radius 3 is 2.68 bits per heavy atom. The van der Waals surface area contributed by atoms with Gasteiger partial charge in [-0.15, -0.1) is 0 Å². The summed E-state index contributed by atoms with van der Waals surface area (Å²) in [7, 11) is 0. The van der Waals surface area contributed by atoms with E-state index in [-0.39, 0.29) is 11.9 Å². The first-order valence-electron chi connectivity index (χ1n) is 6.36. The first kappa shape index (κ1) is 14.2. The molecule has 3 heteroatoms. The van der Waals surface area contributed by atoms with Crippen LogP contribution in [0.2, 0.25) is 0 Å². The third kappa shape index (κ3) is 3.43. The summed E-state index contributed by atoms with van der Waals surface area (Å²) in [6.07, 6.45) is 0. The smallest absolute Gasteiger partial charge is 0.128 e. The molecule has 100 valence electrons. The molecular formula is C16H17BrFN. The number of aryl methyl sites for hydroxylation is 1. The zero-order chi connectivity index (χ0) is 13.8. The Morgan fingerprint density at radius 1 is 1.21 bits per heavy atom. The molecule has 0 spiro atoms. The Bertz CT molecular complexity index is 568. The zero-order valence-corrected chi connectivity index (χ0v) is 12.7. The van der Waals surface area contributed by atoms with Crippen molar-refractivity contribution < 1.29 is 4.39 Å². The predicted molar refractivity (Wildman–Crippen MR) is 80.8 cm³/mol. The van der Waals surface area contributed by atoms with Gasteiger partial charge in [-0.3, -0.25) is 0 Å². The Hall–Kier alpha value is -1.19. The number of rotatable bonds is 4. The van der Waals surface area contributed by atoms with E-state index in [9.17, 15) is 4.39 Å². The van der Waals surface area contributed by atoms with Gasteiger partial charge in [0.15, 0.2) is 0 Å². The van der Waals surface area contributed by atoms with Crippen molar-refractivity contribution in [2.75, 3.05) is 6.54 Å². The molecule has 1 N–H and O–H groups in total. The third-order valence-electron chi connectivity index (χ3n) is 3.05. The molecule has 0 fully saturated rings. The van der Waals surface area contributed by atoms with Gasteiger partial charge >= 0.3 is 0 Å². The van der Waals surface area contributed by atoms with Crippen molar-refractivity contribution in [2.45, 2.75) is 19.9 Å². The van der Waals surface area contributed by atoms with Crippen molar-refractivity contribution in [3.63, 3.8) is 0 Å². The molecule has 1 atom stereocenters. The van der Waals surface area contributed by atoms with Crippen LogP contribution in [0.1, 0.15) is 29.7 Å². The van der Waals surface area contributed by atoms with Crippen LogP contribution in [0, 0.1) is 12.7 Å². The monoisotopic (exact) mass is 321 g/mol. The second kappa shape index (κ2) is 6.31. The highest BCUT2D eigenvalue weighted by Crippen LogP contribution is 2.27. The highest BCUT2D eigenvalue weighted by atomic mass is 79.9. The van der Waals surface area contributed by atoms with Crippen LogP contribution >= 0.6 is 15.9 Å². The SMILES string of the molecule is CCNC(c1cccc(Br)c1)c1cc(C)ccc1F. The number of halogens is 2. The first-order chi connectivity index (χ1) is 9.11. The molecule has 0 aliphatic rings. The summed E-state index contributed by atoms with van der Waals surface area (Å²) in [4.78, 5) is 0. The van der Waals surface area contributed by atoms with Crippen LogP contribution in [0.5, 0.6) is 0 Å². The maximum atomic E-state index is 14.1. The van der Waals surface area contributed by atoms with Crippen molar-refractivity contribution in [1.82, 2.24) is 5.32 Å². The van der Waals surface area contributed by atoms with Gasteiger partial charge < -0.3 is 5.32 Å². The van der Waals surface area contributed by atoms with Crippen LogP contribution in [0.4, 0.5) is 4.39 Å². The summed E-state index contributed by atoms with van der Waals surface area (Å²) < 4.78 is 15.1. The third-order valence-corrected chi connectivity index (χ3v) is 3.55. The molecule has 1 nitrogen and oxygen atoms in total. The highest BCUT2D eigenvalue weighted by Gasteiger charge is 2.17. The van der Waals surface area contributed by atoms with Crippen molar-refractivity contribution in [2.24, 2.45) is 0 Å². The molecule has 0 aromatic heterocycles. The van der Waals surface area contributed by atoms with Crippen molar-refractivity contribution in [3.8, 4) is 0 Å². The molecule has 2 aromatic rings. The van der Waals surface area contributed by atoms with Gasteiger partial charge in [0.1, 0.15) is 5.82 Å². The van der Waals surface area contributed by atoms with Crippen molar-refractivity contribution in [1.29, 1.82) is 0 Å². The Kier molecular flexibility index (Phi) is 4.72. The lowest BCUT2D eigenvalue weighted by atomic mass is 9.97. The topological polar surface area (TPSA) is 12.0 Å². The van der Waals surface area contributed by atoms with E-state index in [1.807, 2.05) is 44.2 Å². The Labute approximate surface area is 122 Å². The minimum absolute atomic E-state index is 0.123. The Balaban J connectivity index is 2.48. The fourth-order valence-electron chi connectivity index (χ4n) is 2.18. The molecule has 0 bridgehead atoms. The summed E-state index contributed by atoms with van der Waals surface area (Å²) in [5.74, 6) is -0.170. The molecule has 0 saturated carbocycles. The fourth-order valence-corrected chi connectivity index (χ4v) is 2.60. The number of hydrogen-bond donors (Lipinski definition) is 1. The van der Waals surface area contributed by atoms with Crippen LogP contribution in [-0.2, 0) is 0 Å². The lowest BCUT2D eigenvalue weighted by Crippen LogP contribution is -2.23. The zero-order valence-electron chi connectivity index (χ0n) is 11.1. The normalized spacial score (nSPS) is 12.4. The van der Waals surface area contributed by atoms with E-state index in [1.54, 1.807) is 6.07 Å². The second-order valence-corrected chi connectivity index (χ2v) is 5.49. The van der Waals surface area contributed by atoms with E-state index < -0.39 is 0 Å². The molecule has 2 rings (SSSR count). The van der Waals surface area contributed by atoms with Gasteiger partial charge in [-0.1, -0.05) is 52.7 Å². The molecule has 2 aromatic carbocycles. The molecular weight excluding hydrogens is 305 g/mol. The van der Waals surface area contributed by atoms with Crippen LogP contribution in [-0.4, -0.2) is 6.54 Å². The predicted octanol–water partition coefficient (Wildman–Crippen LogP) is 4.60. The summed E-state index contributed by atoms with van der Waals surface area (Å²) >= 11 is 3.47.